The Hall–Kier alpha value is -2.60. The van der Waals surface area contributed by atoms with Crippen LogP contribution < -0.4 is 9.47 Å². The van der Waals surface area contributed by atoms with Gasteiger partial charge in [0.05, 0.1) is 10.9 Å². The van der Waals surface area contributed by atoms with Crippen LogP contribution in [0.5, 0.6) is 11.5 Å². The smallest absolute Gasteiger partial charge is 0.483 e. The fraction of sp³-hybridized carbons (Fsp3) is 0.333. The van der Waals surface area contributed by atoms with Crippen molar-refractivity contribution in [3.63, 3.8) is 0 Å². The summed E-state index contributed by atoms with van der Waals surface area (Å²) in [7, 11) is -0.500. The van der Waals surface area contributed by atoms with Crippen LogP contribution in [0.4, 0.5) is 13.2 Å². The topological polar surface area (TPSA) is 18.5 Å². The molecule has 0 radical (unpaired) electrons. The zero-order valence-electron chi connectivity index (χ0n) is 18.8. The van der Waals surface area contributed by atoms with Crippen molar-refractivity contribution in [3.8, 4) is 11.5 Å². The van der Waals surface area contributed by atoms with Crippen LogP contribution in [-0.4, -0.2) is 12.0 Å². The molecule has 1 saturated carbocycles. The van der Waals surface area contributed by atoms with E-state index in [0.29, 0.717) is 0 Å². The standard InChI is InChI=1S/C27H28F3O2S/c1-20(2)26(17-9-10-18-26)31-25-19-23(15-16-24(25)32-27(28,29)30)33(21-11-5-3-6-12-21)22-13-7-4-8-14-22/h3-8,11-16,19-20H,9-10,17-18H2,1-2H3/q+1. The van der Waals surface area contributed by atoms with Crippen molar-refractivity contribution in [2.75, 3.05) is 0 Å². The van der Waals surface area contributed by atoms with Crippen LogP contribution in [0.2, 0.25) is 0 Å². The van der Waals surface area contributed by atoms with Crippen molar-refractivity contribution in [1.29, 1.82) is 0 Å². The molecule has 0 spiro atoms. The van der Waals surface area contributed by atoms with Gasteiger partial charge in [0.1, 0.15) is 5.60 Å². The number of halogens is 3. The van der Waals surface area contributed by atoms with Crippen LogP contribution >= 0.6 is 0 Å². The van der Waals surface area contributed by atoms with Crippen LogP contribution in [0.3, 0.4) is 0 Å². The highest BCUT2D eigenvalue weighted by molar-refractivity contribution is 7.97. The SMILES string of the molecule is CC(C)C1(Oc2cc([S+](c3ccccc3)c3ccccc3)ccc2OC(F)(F)F)CCCC1. The number of hydrogen-bond acceptors (Lipinski definition) is 2. The molecule has 0 unspecified atom stereocenters. The van der Waals surface area contributed by atoms with Crippen LogP contribution in [0.15, 0.2) is 93.5 Å². The highest BCUT2D eigenvalue weighted by Gasteiger charge is 2.41. The molecule has 0 atom stereocenters. The Morgan fingerprint density at radius 2 is 1.30 bits per heavy atom. The summed E-state index contributed by atoms with van der Waals surface area (Å²) >= 11 is 0. The van der Waals surface area contributed by atoms with Gasteiger partial charge in [0.15, 0.2) is 26.2 Å². The Kier molecular flexibility index (Phi) is 6.94. The number of alkyl halides is 3. The zero-order valence-corrected chi connectivity index (χ0v) is 19.6. The second-order valence-corrected chi connectivity index (χ2v) is 10.6. The minimum Gasteiger partial charge on any atom is -0.483 e. The first kappa shape index (κ1) is 23.6. The van der Waals surface area contributed by atoms with Gasteiger partial charge in [0.25, 0.3) is 0 Å². The molecule has 0 saturated heterocycles. The lowest BCUT2D eigenvalue weighted by atomic mass is 9.88. The third kappa shape index (κ3) is 5.49. The summed E-state index contributed by atoms with van der Waals surface area (Å²) in [6, 6.07) is 24.8. The quantitative estimate of drug-likeness (QED) is 0.323. The summed E-state index contributed by atoms with van der Waals surface area (Å²) in [5.74, 6) is 0.0384. The molecule has 0 aliphatic heterocycles. The molecule has 6 heteroatoms. The molecular weight excluding hydrogens is 445 g/mol. The second-order valence-electron chi connectivity index (χ2n) is 8.62. The molecule has 2 nitrogen and oxygen atoms in total. The third-order valence-corrected chi connectivity index (χ3v) is 8.36. The Morgan fingerprint density at radius 1 is 0.758 bits per heavy atom. The highest BCUT2D eigenvalue weighted by Crippen LogP contribution is 2.45. The Labute approximate surface area is 196 Å². The maximum atomic E-state index is 13.2. The summed E-state index contributed by atoms with van der Waals surface area (Å²) in [5.41, 5.74) is -0.486. The molecular formula is C27H28F3O2S+. The number of benzene rings is 3. The molecule has 3 aromatic carbocycles. The first-order chi connectivity index (χ1) is 15.8. The molecule has 0 N–H and O–H groups in total. The van der Waals surface area contributed by atoms with E-state index in [1.54, 1.807) is 12.1 Å². The monoisotopic (exact) mass is 473 g/mol. The predicted octanol–water partition coefficient (Wildman–Crippen LogP) is 8.03. The summed E-state index contributed by atoms with van der Waals surface area (Å²) in [5, 5.41) is 0. The van der Waals surface area contributed by atoms with Gasteiger partial charge < -0.3 is 9.47 Å². The van der Waals surface area contributed by atoms with Crippen LogP contribution in [0, 0.1) is 5.92 Å². The van der Waals surface area contributed by atoms with E-state index in [9.17, 15) is 13.2 Å². The summed E-state index contributed by atoms with van der Waals surface area (Å²) < 4.78 is 50.4. The molecule has 4 rings (SSSR count). The molecule has 0 amide bonds. The zero-order chi connectivity index (χ0) is 23.5. The van der Waals surface area contributed by atoms with E-state index < -0.39 is 22.9 Å². The van der Waals surface area contributed by atoms with Gasteiger partial charge in [-0.05, 0) is 68.0 Å². The third-order valence-electron chi connectivity index (χ3n) is 6.15. The lowest BCUT2D eigenvalue weighted by Gasteiger charge is -2.35. The van der Waals surface area contributed by atoms with Crippen LogP contribution in [-0.2, 0) is 10.9 Å². The lowest BCUT2D eigenvalue weighted by Crippen LogP contribution is -2.38. The van der Waals surface area contributed by atoms with Crippen molar-refractivity contribution in [1.82, 2.24) is 0 Å². The molecule has 174 valence electrons. The molecule has 0 heterocycles. The molecule has 33 heavy (non-hydrogen) atoms. The van der Waals surface area contributed by atoms with Crippen molar-refractivity contribution in [3.05, 3.63) is 78.9 Å². The fourth-order valence-corrected chi connectivity index (χ4v) is 6.52. The lowest BCUT2D eigenvalue weighted by molar-refractivity contribution is -0.275. The normalized spacial score (nSPS) is 15.7. The minimum atomic E-state index is -4.79. The van der Waals surface area contributed by atoms with E-state index in [2.05, 4.69) is 18.6 Å². The average molecular weight is 474 g/mol. The van der Waals surface area contributed by atoms with E-state index in [1.165, 1.54) is 6.07 Å². The van der Waals surface area contributed by atoms with E-state index in [4.69, 9.17) is 4.74 Å². The average Bonchev–Trinajstić information content (AvgIpc) is 3.26. The maximum absolute atomic E-state index is 13.2. The number of hydrogen-bond donors (Lipinski definition) is 0. The number of rotatable bonds is 7. The van der Waals surface area contributed by atoms with Gasteiger partial charge in [-0.15, -0.1) is 13.2 Å². The van der Waals surface area contributed by atoms with Gasteiger partial charge in [-0.1, -0.05) is 50.2 Å². The van der Waals surface area contributed by atoms with Gasteiger partial charge in [0.2, 0.25) is 0 Å². The van der Waals surface area contributed by atoms with Crippen molar-refractivity contribution in [2.24, 2.45) is 5.92 Å². The largest absolute Gasteiger partial charge is 0.573 e. The first-order valence-corrected chi connectivity index (χ1v) is 12.4. The Bertz CT molecular complexity index is 1010. The van der Waals surface area contributed by atoms with E-state index >= 15 is 0 Å². The molecule has 3 aromatic rings. The Morgan fingerprint density at radius 3 is 1.79 bits per heavy atom. The Balaban J connectivity index is 1.82. The number of ether oxygens (including phenoxy) is 2. The molecule has 1 aliphatic carbocycles. The molecule has 1 aliphatic rings. The minimum absolute atomic E-state index is 0.157. The maximum Gasteiger partial charge on any atom is 0.573 e. The molecule has 0 aromatic heterocycles. The second kappa shape index (κ2) is 9.72. The summed E-state index contributed by atoms with van der Waals surface area (Å²) in [4.78, 5) is 3.05. The van der Waals surface area contributed by atoms with Gasteiger partial charge >= 0.3 is 6.36 Å². The van der Waals surface area contributed by atoms with E-state index in [0.717, 1.165) is 40.4 Å². The predicted molar refractivity (Wildman–Crippen MR) is 125 cm³/mol. The first-order valence-electron chi connectivity index (χ1n) is 11.2. The van der Waals surface area contributed by atoms with Crippen LogP contribution in [0.1, 0.15) is 39.5 Å². The van der Waals surface area contributed by atoms with E-state index in [1.807, 2.05) is 60.7 Å². The molecule has 1 fully saturated rings. The van der Waals surface area contributed by atoms with E-state index in [-0.39, 0.29) is 17.4 Å². The summed E-state index contributed by atoms with van der Waals surface area (Å²) in [6.07, 6.45) is -1.13. The van der Waals surface area contributed by atoms with Crippen LogP contribution in [0.25, 0.3) is 0 Å². The van der Waals surface area contributed by atoms with Crippen molar-refractivity contribution >= 4 is 10.9 Å². The van der Waals surface area contributed by atoms with Gasteiger partial charge in [-0.25, -0.2) is 0 Å². The molecule has 0 bridgehead atoms. The van der Waals surface area contributed by atoms with Crippen molar-refractivity contribution < 1.29 is 22.6 Å². The van der Waals surface area contributed by atoms with Gasteiger partial charge in [0, 0.05) is 6.07 Å². The van der Waals surface area contributed by atoms with Gasteiger partial charge in [-0.2, -0.15) is 0 Å². The summed E-state index contributed by atoms with van der Waals surface area (Å²) in [6.45, 7) is 4.13. The van der Waals surface area contributed by atoms with Crippen molar-refractivity contribution in [2.45, 2.75) is 66.2 Å². The highest BCUT2D eigenvalue weighted by atomic mass is 32.2. The fourth-order valence-electron chi connectivity index (χ4n) is 4.42. The van der Waals surface area contributed by atoms with Gasteiger partial charge in [-0.3, -0.25) is 0 Å².